The van der Waals surface area contributed by atoms with E-state index >= 15 is 0 Å². The van der Waals surface area contributed by atoms with Gasteiger partial charge < -0.3 is 14.2 Å². The normalized spacial score (nSPS) is 13.1. The lowest BCUT2D eigenvalue weighted by Crippen LogP contribution is -2.30. The number of hydrogen-bond acceptors (Lipinski definition) is 6. The minimum atomic E-state index is -0.787. The number of hydrogen-bond donors (Lipinski definition) is 0. The highest BCUT2D eigenvalue weighted by atomic mass is 16.6. The summed E-state index contributed by atoms with van der Waals surface area (Å²) in [5.41, 5.74) is 0. The fourth-order valence-corrected chi connectivity index (χ4v) is 9.01. The van der Waals surface area contributed by atoms with E-state index in [4.69, 9.17) is 14.2 Å². The van der Waals surface area contributed by atoms with Crippen LogP contribution in [0.4, 0.5) is 0 Å². The molecule has 6 heteroatoms. The Bertz CT molecular complexity index is 1840. The van der Waals surface area contributed by atoms with Gasteiger partial charge in [-0.2, -0.15) is 0 Å². The van der Waals surface area contributed by atoms with Crippen LogP contribution < -0.4 is 0 Å². The Hall–Kier alpha value is -4.97. The molecule has 0 aromatic carbocycles. The Kier molecular flexibility index (Phi) is 65.4. The van der Waals surface area contributed by atoms with Gasteiger partial charge in [-0.3, -0.25) is 14.4 Å². The molecule has 0 aliphatic heterocycles. The minimum absolute atomic E-state index is 0.0862. The van der Waals surface area contributed by atoms with Gasteiger partial charge in [0.25, 0.3) is 0 Å². The second-order valence-corrected chi connectivity index (χ2v) is 22.0. The lowest BCUT2D eigenvalue weighted by atomic mass is 10.0. The van der Waals surface area contributed by atoms with Gasteiger partial charge in [0.05, 0.1) is 0 Å². The highest BCUT2D eigenvalue weighted by Gasteiger charge is 2.19. The van der Waals surface area contributed by atoms with Crippen LogP contribution in [0.1, 0.15) is 290 Å². The van der Waals surface area contributed by atoms with Crippen molar-refractivity contribution >= 4 is 17.9 Å². The van der Waals surface area contributed by atoms with E-state index in [1.165, 1.54) is 96.3 Å². The maximum absolute atomic E-state index is 12.9. The van der Waals surface area contributed by atoms with Gasteiger partial charge in [0, 0.05) is 19.3 Å². The summed E-state index contributed by atoms with van der Waals surface area (Å²) in [6.07, 6.45) is 102. The van der Waals surface area contributed by atoms with Gasteiger partial charge in [0.1, 0.15) is 13.2 Å². The summed E-state index contributed by atoms with van der Waals surface area (Å²) in [4.78, 5) is 38.0. The first-order valence-electron chi connectivity index (χ1n) is 34.0. The van der Waals surface area contributed by atoms with Crippen molar-refractivity contribution in [2.45, 2.75) is 297 Å². The summed E-state index contributed by atoms with van der Waals surface area (Å²) in [5.74, 6) is -0.912. The number of carbonyl (C=O) groups excluding carboxylic acids is 3. The lowest BCUT2D eigenvalue weighted by molar-refractivity contribution is -0.167. The molecule has 0 aliphatic carbocycles. The van der Waals surface area contributed by atoms with Crippen LogP contribution in [-0.4, -0.2) is 37.2 Å². The summed E-state index contributed by atoms with van der Waals surface area (Å²) < 4.78 is 16.8. The zero-order valence-corrected chi connectivity index (χ0v) is 53.7. The van der Waals surface area contributed by atoms with Crippen LogP contribution in [0, 0.1) is 0 Å². The molecule has 0 aromatic heterocycles. The number of allylic oxidation sites excluding steroid dienone is 26. The van der Waals surface area contributed by atoms with Crippen molar-refractivity contribution in [1.82, 2.24) is 0 Å². The fraction of sp³-hybridized carbons (Fsp3) is 0.623. The molecule has 468 valence electrons. The van der Waals surface area contributed by atoms with Crippen LogP contribution in [0.25, 0.3) is 0 Å². The summed E-state index contributed by atoms with van der Waals surface area (Å²) in [6.45, 7) is 6.32. The second kappa shape index (κ2) is 69.5. The van der Waals surface area contributed by atoms with Crippen LogP contribution in [0.3, 0.4) is 0 Å². The Morgan fingerprint density at radius 2 is 0.470 bits per heavy atom. The largest absolute Gasteiger partial charge is 0.462 e. The second-order valence-electron chi connectivity index (χ2n) is 22.0. The van der Waals surface area contributed by atoms with Crippen molar-refractivity contribution in [1.29, 1.82) is 0 Å². The van der Waals surface area contributed by atoms with Crippen molar-refractivity contribution in [3.63, 3.8) is 0 Å². The van der Waals surface area contributed by atoms with Crippen LogP contribution >= 0.6 is 0 Å². The maximum Gasteiger partial charge on any atom is 0.306 e. The molecule has 0 bridgehead atoms. The first-order valence-corrected chi connectivity index (χ1v) is 34.0. The Morgan fingerprint density at radius 1 is 0.253 bits per heavy atom. The predicted octanol–water partition coefficient (Wildman–Crippen LogP) is 23.7. The maximum atomic E-state index is 12.9. The van der Waals surface area contributed by atoms with Crippen molar-refractivity contribution in [3.8, 4) is 0 Å². The van der Waals surface area contributed by atoms with Crippen molar-refractivity contribution in [3.05, 3.63) is 158 Å². The Labute approximate surface area is 511 Å². The van der Waals surface area contributed by atoms with Crippen LogP contribution in [0.15, 0.2) is 158 Å². The fourth-order valence-electron chi connectivity index (χ4n) is 9.01. The molecule has 0 aliphatic rings. The molecule has 1 unspecified atom stereocenters. The van der Waals surface area contributed by atoms with Gasteiger partial charge in [-0.05, 0) is 128 Å². The number of rotatable bonds is 60. The van der Waals surface area contributed by atoms with E-state index in [0.717, 1.165) is 154 Å². The first-order chi connectivity index (χ1) is 41.0. The molecule has 0 saturated carbocycles. The molecule has 0 saturated heterocycles. The molecular formula is C77H124O6. The molecule has 0 rings (SSSR count). The zero-order valence-electron chi connectivity index (χ0n) is 53.7. The third kappa shape index (κ3) is 67.7. The van der Waals surface area contributed by atoms with E-state index < -0.39 is 6.10 Å². The lowest BCUT2D eigenvalue weighted by Gasteiger charge is -2.18. The molecular weight excluding hydrogens is 1020 g/mol. The average Bonchev–Trinajstić information content (AvgIpc) is 3.49. The van der Waals surface area contributed by atoms with Gasteiger partial charge in [-0.1, -0.05) is 301 Å². The molecule has 0 fully saturated rings. The van der Waals surface area contributed by atoms with E-state index in [9.17, 15) is 14.4 Å². The highest BCUT2D eigenvalue weighted by molar-refractivity contribution is 5.71. The number of ether oxygens (including phenoxy) is 3. The quantitative estimate of drug-likeness (QED) is 0.0261. The molecule has 1 atom stereocenters. The van der Waals surface area contributed by atoms with E-state index in [1.807, 2.05) is 0 Å². The number of unbranched alkanes of at least 4 members (excludes halogenated alkanes) is 23. The van der Waals surface area contributed by atoms with Crippen molar-refractivity contribution in [2.24, 2.45) is 0 Å². The highest BCUT2D eigenvalue weighted by Crippen LogP contribution is 2.16. The monoisotopic (exact) mass is 1140 g/mol. The molecule has 0 aromatic rings. The summed E-state index contributed by atoms with van der Waals surface area (Å²) >= 11 is 0. The van der Waals surface area contributed by atoms with E-state index in [-0.39, 0.29) is 31.1 Å². The summed E-state index contributed by atoms with van der Waals surface area (Å²) in [5, 5.41) is 0. The van der Waals surface area contributed by atoms with E-state index in [1.54, 1.807) is 0 Å². The van der Waals surface area contributed by atoms with Crippen LogP contribution in [0.2, 0.25) is 0 Å². The standard InChI is InChI=1S/C77H124O6/c1-4-7-10-13-15-17-19-21-23-25-27-29-31-33-35-36-37-38-39-40-42-43-45-47-49-51-53-55-57-59-61-64-67-70-76(79)82-73-74(72-81-75(78)69-66-63-12-9-6-3)83-77(80)71-68-65-62-60-58-56-54-52-50-48-46-44-41-34-32-30-28-26-24-22-20-18-16-14-11-8-5-2/h7-8,10-11,15-18,21-24,27-30,33-35,37-38,40-42,45,47,74H,4-6,9,12-14,19-20,25-26,31-32,36,39,43-44,46,48-73H2,1-3H3/b10-7-,11-8-,17-15-,18-16-,23-21-,24-22-,29-27-,30-28-,35-33-,38-37-,41-34-,42-40-,47-45-. The smallest absolute Gasteiger partial charge is 0.306 e. The van der Waals surface area contributed by atoms with E-state index in [2.05, 4.69) is 179 Å². The summed E-state index contributed by atoms with van der Waals surface area (Å²) in [7, 11) is 0. The SMILES string of the molecule is CC/C=C\C/C=C\C/C=C\C/C=C\C/C=C\C/C=C\C/C=C\C/C=C\CCCCCCCCCCC(=O)OCC(COC(=O)CCCCCCC)OC(=O)CCCCCCCCCCCCC/C=C\C/C=C\C/C=C\C/C=C\C/C=C\CC. The molecule has 0 N–H and O–H groups in total. The van der Waals surface area contributed by atoms with E-state index in [0.29, 0.717) is 19.3 Å². The van der Waals surface area contributed by atoms with Gasteiger partial charge in [0.2, 0.25) is 0 Å². The third-order valence-corrected chi connectivity index (χ3v) is 14.0. The van der Waals surface area contributed by atoms with Crippen molar-refractivity contribution < 1.29 is 28.6 Å². The van der Waals surface area contributed by atoms with Crippen LogP contribution in [-0.2, 0) is 28.6 Å². The number of esters is 3. The van der Waals surface area contributed by atoms with Crippen LogP contribution in [0.5, 0.6) is 0 Å². The Morgan fingerprint density at radius 3 is 0.735 bits per heavy atom. The van der Waals surface area contributed by atoms with Gasteiger partial charge >= 0.3 is 17.9 Å². The number of carbonyl (C=O) groups is 3. The topological polar surface area (TPSA) is 78.9 Å². The zero-order chi connectivity index (χ0) is 59.9. The minimum Gasteiger partial charge on any atom is -0.462 e. The van der Waals surface area contributed by atoms with Crippen molar-refractivity contribution in [2.75, 3.05) is 13.2 Å². The van der Waals surface area contributed by atoms with Gasteiger partial charge in [0.15, 0.2) is 6.10 Å². The predicted molar refractivity (Wildman–Crippen MR) is 362 cm³/mol. The molecule has 0 radical (unpaired) electrons. The molecule has 0 amide bonds. The molecule has 0 heterocycles. The molecule has 83 heavy (non-hydrogen) atoms. The molecule has 0 spiro atoms. The third-order valence-electron chi connectivity index (χ3n) is 14.0. The average molecular weight is 1150 g/mol. The van der Waals surface area contributed by atoms with Gasteiger partial charge in [-0.15, -0.1) is 0 Å². The molecule has 6 nitrogen and oxygen atoms in total. The summed E-state index contributed by atoms with van der Waals surface area (Å²) in [6, 6.07) is 0. The first kappa shape index (κ1) is 78.0. The Balaban J connectivity index is 4.08. The van der Waals surface area contributed by atoms with Gasteiger partial charge in [-0.25, -0.2) is 0 Å².